The smallest absolute Gasteiger partial charge is 0.337 e. The van der Waals surface area contributed by atoms with E-state index in [9.17, 15) is 9.90 Å². The Morgan fingerprint density at radius 1 is 1.40 bits per heavy atom. The summed E-state index contributed by atoms with van der Waals surface area (Å²) in [7, 11) is 0. The first kappa shape index (κ1) is 14.8. The van der Waals surface area contributed by atoms with Crippen LogP contribution in [0.5, 0.6) is 0 Å². The summed E-state index contributed by atoms with van der Waals surface area (Å²) in [5.74, 6) is -0.841. The minimum Gasteiger partial charge on any atom is -0.478 e. The quantitative estimate of drug-likeness (QED) is 0.814. The summed E-state index contributed by atoms with van der Waals surface area (Å²) in [6, 6.07) is 0. The fourth-order valence-electron chi connectivity index (χ4n) is 2.71. The summed E-state index contributed by atoms with van der Waals surface area (Å²) in [4.78, 5) is 13.7. The maximum atomic E-state index is 11.7. The molecule has 1 heterocycles. The van der Waals surface area contributed by atoms with Gasteiger partial charge in [-0.3, -0.25) is 0 Å². The van der Waals surface area contributed by atoms with Gasteiger partial charge in [0.1, 0.15) is 0 Å². The van der Waals surface area contributed by atoms with Crippen molar-refractivity contribution in [1.82, 2.24) is 0 Å². The average Bonchev–Trinajstić information content (AvgIpc) is 2.72. The lowest BCUT2D eigenvalue weighted by molar-refractivity contribution is 0.0695. The molecule has 0 aromatic carbocycles. The van der Waals surface area contributed by atoms with Gasteiger partial charge in [-0.1, -0.05) is 45.2 Å². The third-order valence-electron chi connectivity index (χ3n) is 3.77. The number of aromatic carboxylic acids is 1. The number of carboxylic acids is 1. The van der Waals surface area contributed by atoms with Crippen molar-refractivity contribution in [1.29, 1.82) is 0 Å². The highest BCUT2D eigenvalue weighted by Crippen LogP contribution is 2.43. The number of thiophene rings is 1. The van der Waals surface area contributed by atoms with Crippen LogP contribution in [0.2, 0.25) is 0 Å². The molecule has 0 spiro atoms. The largest absolute Gasteiger partial charge is 0.478 e. The fraction of sp³-hybridized carbons (Fsp3) is 0.353. The molecule has 0 bridgehead atoms. The summed E-state index contributed by atoms with van der Waals surface area (Å²) in [5.41, 5.74) is 2.50. The Kier molecular flexibility index (Phi) is 4.00. The minimum atomic E-state index is -0.841. The van der Waals surface area contributed by atoms with E-state index in [2.05, 4.69) is 27.0 Å². The Morgan fingerprint density at radius 3 is 2.65 bits per heavy atom. The summed E-state index contributed by atoms with van der Waals surface area (Å²) in [6.45, 7) is 11.9. The minimum absolute atomic E-state index is 0.173. The molecule has 1 aliphatic carbocycles. The Morgan fingerprint density at radius 2 is 2.10 bits per heavy atom. The van der Waals surface area contributed by atoms with E-state index in [0.29, 0.717) is 5.56 Å². The molecule has 1 aromatic rings. The number of allylic oxidation sites excluding steroid dienone is 4. The summed E-state index contributed by atoms with van der Waals surface area (Å²) in [5, 5.41) is 9.61. The van der Waals surface area contributed by atoms with Gasteiger partial charge in [0.15, 0.2) is 0 Å². The van der Waals surface area contributed by atoms with E-state index in [-0.39, 0.29) is 5.41 Å². The Labute approximate surface area is 124 Å². The lowest BCUT2D eigenvalue weighted by Gasteiger charge is -2.29. The molecule has 3 heteroatoms. The maximum absolute atomic E-state index is 11.7. The first-order chi connectivity index (χ1) is 9.39. The van der Waals surface area contributed by atoms with Crippen LogP contribution in [0.15, 0.2) is 31.4 Å². The lowest BCUT2D eigenvalue weighted by atomic mass is 9.76. The molecule has 1 aliphatic rings. The normalized spacial score (nSPS) is 17.4. The van der Waals surface area contributed by atoms with Crippen LogP contribution in [0.3, 0.4) is 0 Å². The molecular formula is C17H20O2S. The number of rotatable bonds is 4. The van der Waals surface area contributed by atoms with E-state index >= 15 is 0 Å². The van der Waals surface area contributed by atoms with Crippen LogP contribution in [-0.4, -0.2) is 11.1 Å². The van der Waals surface area contributed by atoms with Gasteiger partial charge >= 0.3 is 5.97 Å². The topological polar surface area (TPSA) is 37.3 Å². The van der Waals surface area contributed by atoms with Crippen molar-refractivity contribution in [2.45, 2.75) is 33.1 Å². The third-order valence-corrected chi connectivity index (χ3v) is 5.11. The van der Waals surface area contributed by atoms with Crippen molar-refractivity contribution in [3.05, 3.63) is 52.3 Å². The van der Waals surface area contributed by atoms with Crippen LogP contribution in [0.4, 0.5) is 0 Å². The zero-order valence-corrected chi connectivity index (χ0v) is 12.8. The van der Waals surface area contributed by atoms with Gasteiger partial charge < -0.3 is 5.11 Å². The predicted molar refractivity (Wildman–Crippen MR) is 85.5 cm³/mol. The van der Waals surface area contributed by atoms with Gasteiger partial charge in [-0.15, -0.1) is 11.3 Å². The third kappa shape index (κ3) is 2.63. The van der Waals surface area contributed by atoms with Crippen LogP contribution in [-0.2, 0) is 12.8 Å². The number of hydrogen-bond acceptors (Lipinski definition) is 2. The fourth-order valence-corrected chi connectivity index (χ4v) is 4.04. The monoisotopic (exact) mass is 288 g/mol. The van der Waals surface area contributed by atoms with Crippen molar-refractivity contribution >= 4 is 22.9 Å². The van der Waals surface area contributed by atoms with E-state index in [1.54, 1.807) is 23.5 Å². The molecule has 20 heavy (non-hydrogen) atoms. The SMILES string of the molecule is C=C/C=C(\C=C)c1sc2c(c1C(=O)O)CC(C)(C)CC2. The number of fused-ring (bicyclic) bond motifs is 1. The lowest BCUT2D eigenvalue weighted by Crippen LogP contribution is -2.22. The molecule has 1 aromatic heterocycles. The van der Waals surface area contributed by atoms with Gasteiger partial charge in [0, 0.05) is 9.75 Å². The van der Waals surface area contributed by atoms with Crippen LogP contribution in [0, 0.1) is 5.41 Å². The number of aryl methyl sites for hydroxylation is 1. The molecular weight excluding hydrogens is 268 g/mol. The Balaban J connectivity index is 2.64. The van der Waals surface area contributed by atoms with E-state index in [1.807, 2.05) is 6.08 Å². The van der Waals surface area contributed by atoms with Crippen molar-refractivity contribution in [2.24, 2.45) is 5.41 Å². The van der Waals surface area contributed by atoms with Crippen molar-refractivity contribution in [3.63, 3.8) is 0 Å². The summed E-state index contributed by atoms with van der Waals surface area (Å²) in [6.07, 6.45) is 8.10. The zero-order valence-electron chi connectivity index (χ0n) is 12.0. The summed E-state index contributed by atoms with van der Waals surface area (Å²) < 4.78 is 0. The highest BCUT2D eigenvalue weighted by molar-refractivity contribution is 7.13. The van der Waals surface area contributed by atoms with Crippen LogP contribution in [0.25, 0.3) is 5.57 Å². The molecule has 0 saturated carbocycles. The molecule has 2 rings (SSSR count). The van der Waals surface area contributed by atoms with Crippen LogP contribution >= 0.6 is 11.3 Å². The van der Waals surface area contributed by atoms with Gasteiger partial charge in [0.25, 0.3) is 0 Å². The van der Waals surface area contributed by atoms with E-state index in [4.69, 9.17) is 0 Å². The highest BCUT2D eigenvalue weighted by Gasteiger charge is 2.32. The van der Waals surface area contributed by atoms with Crippen LogP contribution < -0.4 is 0 Å². The van der Waals surface area contributed by atoms with E-state index in [0.717, 1.165) is 35.3 Å². The molecule has 0 saturated heterocycles. The number of carbonyl (C=O) groups is 1. The molecule has 0 radical (unpaired) electrons. The summed E-state index contributed by atoms with van der Waals surface area (Å²) >= 11 is 1.60. The second-order valence-corrected chi connectivity index (χ2v) is 7.02. The first-order valence-corrected chi connectivity index (χ1v) is 7.54. The predicted octanol–water partition coefficient (Wildman–Crippen LogP) is 4.72. The standard InChI is InChI=1S/C17H20O2S/c1-5-7-11(6-2)15-14(16(18)19)12-10-17(3,4)9-8-13(12)20-15/h5-7H,1-2,8-10H2,3-4H3,(H,18,19)/b11-7+. The second kappa shape index (κ2) is 5.41. The molecule has 0 unspecified atom stereocenters. The molecule has 0 atom stereocenters. The number of carboxylic acid groups (broad SMARTS) is 1. The van der Waals surface area contributed by atoms with Crippen LogP contribution in [0.1, 0.15) is 45.9 Å². The molecule has 1 N–H and O–H groups in total. The van der Waals surface area contributed by atoms with Crippen molar-refractivity contribution < 1.29 is 9.90 Å². The molecule has 0 aliphatic heterocycles. The van der Waals surface area contributed by atoms with E-state index in [1.165, 1.54) is 4.88 Å². The van der Waals surface area contributed by atoms with Gasteiger partial charge in [0.2, 0.25) is 0 Å². The molecule has 106 valence electrons. The molecule has 0 amide bonds. The molecule has 2 nitrogen and oxygen atoms in total. The van der Waals surface area contributed by atoms with Gasteiger partial charge in [0.05, 0.1) is 5.56 Å². The van der Waals surface area contributed by atoms with Crippen molar-refractivity contribution in [3.8, 4) is 0 Å². The van der Waals surface area contributed by atoms with Gasteiger partial charge in [-0.25, -0.2) is 4.79 Å². The first-order valence-electron chi connectivity index (χ1n) is 6.73. The van der Waals surface area contributed by atoms with Gasteiger partial charge in [-0.2, -0.15) is 0 Å². The Hall–Kier alpha value is -1.61. The molecule has 0 fully saturated rings. The zero-order chi connectivity index (χ0) is 14.9. The van der Waals surface area contributed by atoms with E-state index < -0.39 is 5.97 Å². The number of hydrogen-bond donors (Lipinski definition) is 1. The highest BCUT2D eigenvalue weighted by atomic mass is 32.1. The van der Waals surface area contributed by atoms with Gasteiger partial charge in [-0.05, 0) is 35.8 Å². The maximum Gasteiger partial charge on any atom is 0.337 e. The second-order valence-electron chi connectivity index (χ2n) is 5.92. The Bertz CT molecular complexity index is 603. The average molecular weight is 288 g/mol. The van der Waals surface area contributed by atoms with Crippen molar-refractivity contribution in [2.75, 3.05) is 0 Å².